The first-order valence-corrected chi connectivity index (χ1v) is 5.20. The number of allylic oxidation sites excluding steroid dienone is 1. The van der Waals surface area contributed by atoms with E-state index in [1.807, 2.05) is 0 Å². The van der Waals surface area contributed by atoms with E-state index in [0.717, 1.165) is 31.3 Å². The van der Waals surface area contributed by atoms with Crippen molar-refractivity contribution in [3.8, 4) is 0 Å². The molecule has 1 heterocycles. The Hall–Kier alpha value is -1.12. The normalized spacial score (nSPS) is 26.9. The molecule has 0 aromatic heterocycles. The number of nitrogens with one attached hydrogen (secondary N) is 1. The molecule has 3 nitrogen and oxygen atoms in total. The highest BCUT2D eigenvalue weighted by Crippen LogP contribution is 2.30. The molecule has 1 unspecified atom stereocenters. The monoisotopic (exact) mass is 193 g/mol. The van der Waals surface area contributed by atoms with Gasteiger partial charge in [0.15, 0.2) is 5.78 Å². The largest absolute Gasteiger partial charge is 0.349 e. The summed E-state index contributed by atoms with van der Waals surface area (Å²) in [5.74, 6) is 0.289. The number of hydrogen-bond donors (Lipinski definition) is 1. The maximum absolute atomic E-state index is 11.4. The molecule has 1 fully saturated rings. The molecule has 14 heavy (non-hydrogen) atoms. The Morgan fingerprint density at radius 2 is 2.00 bits per heavy atom. The van der Waals surface area contributed by atoms with Crippen LogP contribution in [0.5, 0.6) is 0 Å². The van der Waals surface area contributed by atoms with E-state index in [-0.39, 0.29) is 17.7 Å². The van der Waals surface area contributed by atoms with E-state index in [1.54, 1.807) is 6.92 Å². The molecule has 0 saturated carbocycles. The lowest BCUT2D eigenvalue weighted by atomic mass is 9.82. The summed E-state index contributed by atoms with van der Waals surface area (Å²) in [6.07, 6.45) is 4.72. The van der Waals surface area contributed by atoms with Gasteiger partial charge in [0.25, 0.3) is 0 Å². The maximum atomic E-state index is 11.4. The second-order valence-corrected chi connectivity index (χ2v) is 4.09. The Labute approximate surface area is 83.6 Å². The van der Waals surface area contributed by atoms with Crippen LogP contribution in [-0.2, 0) is 9.59 Å². The number of carbonyl (C=O) groups excluding carboxylic acids is 2. The summed E-state index contributed by atoms with van der Waals surface area (Å²) in [7, 11) is 0. The summed E-state index contributed by atoms with van der Waals surface area (Å²) in [6, 6.07) is 0.168. The van der Waals surface area contributed by atoms with Gasteiger partial charge in [0.1, 0.15) is 0 Å². The Morgan fingerprint density at radius 3 is 2.57 bits per heavy atom. The first kappa shape index (κ1) is 9.44. The lowest BCUT2D eigenvalue weighted by molar-refractivity contribution is -0.127. The first-order chi connectivity index (χ1) is 6.68. The quantitative estimate of drug-likeness (QED) is 0.672. The van der Waals surface area contributed by atoms with Gasteiger partial charge < -0.3 is 5.32 Å². The van der Waals surface area contributed by atoms with Crippen LogP contribution in [0.3, 0.4) is 0 Å². The highest BCUT2D eigenvalue weighted by atomic mass is 16.2. The van der Waals surface area contributed by atoms with Crippen molar-refractivity contribution in [3.63, 3.8) is 0 Å². The van der Waals surface area contributed by atoms with Crippen molar-refractivity contribution < 1.29 is 9.59 Å². The Balaban J connectivity index is 2.19. The minimum atomic E-state index is 0.107. The Morgan fingerprint density at radius 1 is 1.36 bits per heavy atom. The van der Waals surface area contributed by atoms with Crippen LogP contribution in [0.1, 0.15) is 39.0 Å². The first-order valence-electron chi connectivity index (χ1n) is 5.20. The molecule has 2 aliphatic rings. The van der Waals surface area contributed by atoms with Crippen molar-refractivity contribution in [1.82, 2.24) is 5.32 Å². The average Bonchev–Trinajstić information content (AvgIpc) is 2.13. The van der Waals surface area contributed by atoms with Gasteiger partial charge in [0, 0.05) is 0 Å². The molecule has 1 aliphatic carbocycles. The van der Waals surface area contributed by atoms with Crippen molar-refractivity contribution >= 4 is 11.7 Å². The molecule has 1 N–H and O–H groups in total. The molecule has 1 aliphatic heterocycles. The molecule has 3 heteroatoms. The fourth-order valence-electron chi connectivity index (χ4n) is 2.28. The third-order valence-electron chi connectivity index (χ3n) is 3.08. The Bertz CT molecular complexity index is 309. The molecule has 1 saturated heterocycles. The lowest BCUT2D eigenvalue weighted by Gasteiger charge is -2.33. The zero-order valence-corrected chi connectivity index (χ0v) is 8.43. The van der Waals surface area contributed by atoms with E-state index in [2.05, 4.69) is 5.32 Å². The molecule has 0 spiro atoms. The van der Waals surface area contributed by atoms with E-state index in [9.17, 15) is 9.59 Å². The molecule has 0 bridgehead atoms. The van der Waals surface area contributed by atoms with Crippen LogP contribution >= 0.6 is 0 Å². The van der Waals surface area contributed by atoms with Crippen LogP contribution in [0, 0.1) is 0 Å². The molecule has 2 rings (SSSR count). The van der Waals surface area contributed by atoms with Crippen molar-refractivity contribution in [2.75, 3.05) is 0 Å². The number of ketones is 1. The van der Waals surface area contributed by atoms with Crippen LogP contribution in [0.2, 0.25) is 0 Å². The van der Waals surface area contributed by atoms with Gasteiger partial charge in [-0.2, -0.15) is 0 Å². The minimum absolute atomic E-state index is 0.107. The van der Waals surface area contributed by atoms with E-state index < -0.39 is 0 Å². The molecular formula is C11H15NO2. The fourth-order valence-corrected chi connectivity index (χ4v) is 2.28. The van der Waals surface area contributed by atoms with Gasteiger partial charge in [-0.1, -0.05) is 0 Å². The average molecular weight is 193 g/mol. The third kappa shape index (κ3) is 1.59. The number of β-lactam (4-membered cyclic amide) rings is 1. The van der Waals surface area contributed by atoms with E-state index in [0.29, 0.717) is 6.42 Å². The van der Waals surface area contributed by atoms with E-state index in [4.69, 9.17) is 0 Å². The number of Topliss-reactive ketones (excluding diaryl/α,β-unsaturated/α-hetero) is 1. The molecule has 1 atom stereocenters. The summed E-state index contributed by atoms with van der Waals surface area (Å²) in [5, 5.41) is 2.85. The van der Waals surface area contributed by atoms with Gasteiger partial charge in [-0.15, -0.1) is 0 Å². The number of carbonyl (C=O) groups is 2. The molecule has 0 aromatic rings. The molecule has 1 amide bonds. The zero-order chi connectivity index (χ0) is 10.1. The Kier molecular flexibility index (Phi) is 2.40. The standard InChI is InChI=1S/C11H15NO2/c1-7(13)8-4-2-3-5-9(8)10-6-11(14)12-10/h10H,2-6H2,1H3,(H,12,14). The molecule has 76 valence electrons. The molecule has 0 aromatic carbocycles. The third-order valence-corrected chi connectivity index (χ3v) is 3.08. The lowest BCUT2D eigenvalue weighted by Crippen LogP contribution is -2.50. The topological polar surface area (TPSA) is 46.2 Å². The maximum Gasteiger partial charge on any atom is 0.222 e. The number of hydrogen-bond acceptors (Lipinski definition) is 2. The van der Waals surface area contributed by atoms with Crippen molar-refractivity contribution in [2.45, 2.75) is 45.1 Å². The number of amides is 1. The van der Waals surface area contributed by atoms with Crippen LogP contribution in [-0.4, -0.2) is 17.7 Å². The second-order valence-electron chi connectivity index (χ2n) is 4.09. The van der Waals surface area contributed by atoms with Gasteiger partial charge in [0.2, 0.25) is 5.91 Å². The van der Waals surface area contributed by atoms with Gasteiger partial charge in [0.05, 0.1) is 12.5 Å². The van der Waals surface area contributed by atoms with Crippen LogP contribution in [0.25, 0.3) is 0 Å². The smallest absolute Gasteiger partial charge is 0.222 e. The SMILES string of the molecule is CC(=O)C1=C(C2CC(=O)N2)CCCC1. The predicted molar refractivity (Wildman–Crippen MR) is 52.7 cm³/mol. The highest BCUT2D eigenvalue weighted by molar-refractivity contribution is 5.95. The van der Waals surface area contributed by atoms with Gasteiger partial charge in [-0.3, -0.25) is 9.59 Å². The fraction of sp³-hybridized carbons (Fsp3) is 0.636. The van der Waals surface area contributed by atoms with E-state index >= 15 is 0 Å². The summed E-state index contributed by atoms with van der Waals surface area (Å²) in [5.41, 5.74) is 2.17. The van der Waals surface area contributed by atoms with Crippen molar-refractivity contribution in [2.24, 2.45) is 0 Å². The minimum Gasteiger partial charge on any atom is -0.349 e. The van der Waals surface area contributed by atoms with Crippen LogP contribution in [0.15, 0.2) is 11.1 Å². The van der Waals surface area contributed by atoms with Gasteiger partial charge in [-0.25, -0.2) is 0 Å². The van der Waals surface area contributed by atoms with Crippen LogP contribution in [0.4, 0.5) is 0 Å². The summed E-state index contributed by atoms with van der Waals surface area (Å²) < 4.78 is 0. The van der Waals surface area contributed by atoms with Gasteiger partial charge in [-0.05, 0) is 43.8 Å². The van der Waals surface area contributed by atoms with Crippen molar-refractivity contribution in [1.29, 1.82) is 0 Å². The molecular weight excluding hydrogens is 178 g/mol. The number of rotatable bonds is 2. The van der Waals surface area contributed by atoms with Crippen molar-refractivity contribution in [3.05, 3.63) is 11.1 Å². The predicted octanol–water partition coefficient (Wildman–Crippen LogP) is 1.33. The summed E-state index contributed by atoms with van der Waals surface area (Å²) in [6.45, 7) is 1.63. The van der Waals surface area contributed by atoms with E-state index in [1.165, 1.54) is 5.57 Å². The summed E-state index contributed by atoms with van der Waals surface area (Å²) in [4.78, 5) is 22.2. The second kappa shape index (κ2) is 3.56. The van der Waals surface area contributed by atoms with Crippen LogP contribution < -0.4 is 5.32 Å². The van der Waals surface area contributed by atoms with Gasteiger partial charge >= 0.3 is 0 Å². The molecule has 0 radical (unpaired) electrons. The highest BCUT2D eigenvalue weighted by Gasteiger charge is 2.32. The zero-order valence-electron chi connectivity index (χ0n) is 8.43. The summed E-state index contributed by atoms with van der Waals surface area (Å²) >= 11 is 0.